The first kappa shape index (κ1) is 13.2. The van der Waals surface area contributed by atoms with Gasteiger partial charge < -0.3 is 5.32 Å². The normalized spacial score (nSPS) is 12.2. The molecule has 1 aromatic rings. The first-order chi connectivity index (χ1) is 7.63. The monoisotopic (exact) mass is 283 g/mol. The van der Waals surface area contributed by atoms with Crippen molar-refractivity contribution in [2.45, 2.75) is 32.7 Å². The highest BCUT2D eigenvalue weighted by atomic mass is 79.9. The molecule has 16 heavy (non-hydrogen) atoms. The summed E-state index contributed by atoms with van der Waals surface area (Å²) in [5.74, 6) is 0.0998. The minimum Gasteiger partial charge on any atom is -0.353 e. The number of carbonyl (C=O) groups is 1. The Labute approximate surface area is 106 Å². The van der Waals surface area contributed by atoms with Crippen LogP contribution in [0.25, 0.3) is 0 Å². The maximum Gasteiger partial charge on any atom is 0.224 e. The number of hydrogen-bond donors (Lipinski definition) is 1. The van der Waals surface area contributed by atoms with Crippen molar-refractivity contribution in [3.05, 3.63) is 35.4 Å². The van der Waals surface area contributed by atoms with E-state index in [1.54, 1.807) is 0 Å². The summed E-state index contributed by atoms with van der Waals surface area (Å²) < 4.78 is 0. The second kappa shape index (κ2) is 6.69. The molecule has 0 aliphatic rings. The van der Waals surface area contributed by atoms with Crippen molar-refractivity contribution >= 4 is 21.8 Å². The average molecular weight is 284 g/mol. The zero-order valence-electron chi connectivity index (χ0n) is 9.79. The van der Waals surface area contributed by atoms with Gasteiger partial charge in [0.15, 0.2) is 0 Å². The Morgan fingerprint density at radius 3 is 2.75 bits per heavy atom. The molecule has 0 fully saturated rings. The average Bonchev–Trinajstić information content (AvgIpc) is 2.21. The Hall–Kier alpha value is -0.830. The van der Waals surface area contributed by atoms with Gasteiger partial charge in [0.25, 0.3) is 0 Å². The molecule has 0 saturated carbocycles. The lowest BCUT2D eigenvalue weighted by Gasteiger charge is -2.13. The maximum atomic E-state index is 11.7. The minimum atomic E-state index is 0.0998. The van der Waals surface area contributed by atoms with Crippen molar-refractivity contribution in [3.63, 3.8) is 0 Å². The van der Waals surface area contributed by atoms with Gasteiger partial charge >= 0.3 is 0 Å². The van der Waals surface area contributed by atoms with Crippen molar-refractivity contribution in [3.8, 4) is 0 Å². The summed E-state index contributed by atoms with van der Waals surface area (Å²) in [5.41, 5.74) is 2.27. The number of carbonyl (C=O) groups excluding carboxylic acids is 1. The van der Waals surface area contributed by atoms with E-state index in [1.807, 2.05) is 38.1 Å². The Morgan fingerprint density at radius 1 is 1.44 bits per heavy atom. The Balaban J connectivity index is 2.49. The Kier molecular flexibility index (Phi) is 5.53. The number of hydrogen-bond acceptors (Lipinski definition) is 1. The summed E-state index contributed by atoms with van der Waals surface area (Å²) in [6, 6.07) is 8.23. The number of halogens is 1. The van der Waals surface area contributed by atoms with Gasteiger partial charge in [0.1, 0.15) is 0 Å². The molecule has 1 rings (SSSR count). The summed E-state index contributed by atoms with van der Waals surface area (Å²) in [4.78, 5) is 11.7. The molecule has 1 N–H and O–H groups in total. The standard InChI is InChI=1S/C13H18BrNO/c1-10-5-3-4-6-12(10)9-13(16)15-11(2)7-8-14/h3-6,11H,7-9H2,1-2H3,(H,15,16). The highest BCUT2D eigenvalue weighted by Crippen LogP contribution is 2.07. The second-order valence-corrected chi connectivity index (χ2v) is 4.84. The van der Waals surface area contributed by atoms with Crippen LogP contribution in [0.1, 0.15) is 24.5 Å². The Bertz CT molecular complexity index is 352. The quantitative estimate of drug-likeness (QED) is 0.828. The molecule has 0 aliphatic heterocycles. The molecule has 0 aliphatic carbocycles. The molecule has 88 valence electrons. The fourth-order valence-electron chi connectivity index (χ4n) is 1.54. The Morgan fingerprint density at radius 2 is 2.12 bits per heavy atom. The van der Waals surface area contributed by atoms with E-state index < -0.39 is 0 Å². The molecule has 0 saturated heterocycles. The molecule has 3 heteroatoms. The smallest absolute Gasteiger partial charge is 0.224 e. The number of nitrogens with one attached hydrogen (secondary N) is 1. The zero-order chi connectivity index (χ0) is 12.0. The minimum absolute atomic E-state index is 0.0998. The number of alkyl halides is 1. The molecule has 0 bridgehead atoms. The summed E-state index contributed by atoms with van der Waals surface area (Å²) in [6.07, 6.45) is 1.43. The molecular formula is C13H18BrNO. The third-order valence-electron chi connectivity index (χ3n) is 2.56. The predicted molar refractivity (Wildman–Crippen MR) is 70.9 cm³/mol. The van der Waals surface area contributed by atoms with Gasteiger partial charge in [-0.3, -0.25) is 4.79 Å². The molecule has 0 aromatic heterocycles. The van der Waals surface area contributed by atoms with Gasteiger partial charge in [0.05, 0.1) is 6.42 Å². The molecule has 1 amide bonds. The lowest BCUT2D eigenvalue weighted by atomic mass is 10.1. The van der Waals surface area contributed by atoms with Crippen LogP contribution < -0.4 is 5.32 Å². The third-order valence-corrected chi connectivity index (χ3v) is 3.02. The first-order valence-corrected chi connectivity index (χ1v) is 6.65. The second-order valence-electron chi connectivity index (χ2n) is 4.05. The van der Waals surface area contributed by atoms with Crippen LogP contribution in [-0.2, 0) is 11.2 Å². The highest BCUT2D eigenvalue weighted by molar-refractivity contribution is 9.09. The zero-order valence-corrected chi connectivity index (χ0v) is 11.4. The van der Waals surface area contributed by atoms with E-state index in [9.17, 15) is 4.79 Å². The summed E-state index contributed by atoms with van der Waals surface area (Å²) >= 11 is 3.37. The van der Waals surface area contributed by atoms with Crippen LogP contribution in [0, 0.1) is 6.92 Å². The molecule has 0 radical (unpaired) electrons. The molecule has 2 nitrogen and oxygen atoms in total. The van der Waals surface area contributed by atoms with E-state index in [4.69, 9.17) is 0 Å². The predicted octanol–water partition coefficient (Wildman–Crippen LogP) is 2.83. The van der Waals surface area contributed by atoms with Crippen LogP contribution in [0.3, 0.4) is 0 Å². The number of amides is 1. The maximum absolute atomic E-state index is 11.7. The lowest BCUT2D eigenvalue weighted by molar-refractivity contribution is -0.121. The van der Waals surface area contributed by atoms with Crippen LogP contribution in [0.15, 0.2) is 24.3 Å². The molecular weight excluding hydrogens is 266 g/mol. The van der Waals surface area contributed by atoms with Crippen molar-refractivity contribution in [2.24, 2.45) is 0 Å². The van der Waals surface area contributed by atoms with Crippen LogP contribution in [0.4, 0.5) is 0 Å². The van der Waals surface area contributed by atoms with Gasteiger partial charge in [-0.25, -0.2) is 0 Å². The fraction of sp³-hybridized carbons (Fsp3) is 0.462. The van der Waals surface area contributed by atoms with Gasteiger partial charge in [-0.2, -0.15) is 0 Å². The van der Waals surface area contributed by atoms with Gasteiger partial charge in [0, 0.05) is 11.4 Å². The van der Waals surface area contributed by atoms with Gasteiger partial charge in [-0.15, -0.1) is 0 Å². The number of rotatable bonds is 5. The van der Waals surface area contributed by atoms with E-state index in [0.29, 0.717) is 6.42 Å². The largest absolute Gasteiger partial charge is 0.353 e. The lowest BCUT2D eigenvalue weighted by Crippen LogP contribution is -2.34. The molecule has 0 spiro atoms. The fourth-order valence-corrected chi connectivity index (χ4v) is 2.23. The van der Waals surface area contributed by atoms with Gasteiger partial charge in [0.2, 0.25) is 5.91 Å². The number of aryl methyl sites for hydroxylation is 1. The summed E-state index contributed by atoms with van der Waals surface area (Å²) in [7, 11) is 0. The summed E-state index contributed by atoms with van der Waals surface area (Å²) in [6.45, 7) is 4.06. The van der Waals surface area contributed by atoms with Gasteiger partial charge in [-0.05, 0) is 31.4 Å². The molecule has 1 aromatic carbocycles. The van der Waals surface area contributed by atoms with Crippen LogP contribution in [0.2, 0.25) is 0 Å². The van der Waals surface area contributed by atoms with Crippen LogP contribution >= 0.6 is 15.9 Å². The van der Waals surface area contributed by atoms with E-state index in [1.165, 1.54) is 5.56 Å². The van der Waals surface area contributed by atoms with E-state index in [0.717, 1.165) is 17.3 Å². The van der Waals surface area contributed by atoms with Crippen LogP contribution in [-0.4, -0.2) is 17.3 Å². The first-order valence-electron chi connectivity index (χ1n) is 5.53. The summed E-state index contributed by atoms with van der Waals surface area (Å²) in [5, 5.41) is 3.90. The van der Waals surface area contributed by atoms with Crippen molar-refractivity contribution in [2.75, 3.05) is 5.33 Å². The van der Waals surface area contributed by atoms with E-state index in [2.05, 4.69) is 21.2 Å². The van der Waals surface area contributed by atoms with Crippen molar-refractivity contribution < 1.29 is 4.79 Å². The molecule has 1 atom stereocenters. The van der Waals surface area contributed by atoms with Crippen molar-refractivity contribution in [1.29, 1.82) is 0 Å². The molecule has 0 heterocycles. The van der Waals surface area contributed by atoms with Crippen molar-refractivity contribution in [1.82, 2.24) is 5.32 Å². The van der Waals surface area contributed by atoms with Crippen LogP contribution in [0.5, 0.6) is 0 Å². The third kappa shape index (κ3) is 4.35. The van der Waals surface area contributed by atoms with E-state index >= 15 is 0 Å². The van der Waals surface area contributed by atoms with Gasteiger partial charge in [-0.1, -0.05) is 40.2 Å². The van der Waals surface area contributed by atoms with E-state index in [-0.39, 0.29) is 11.9 Å². The highest BCUT2D eigenvalue weighted by Gasteiger charge is 2.08. The SMILES string of the molecule is Cc1ccccc1CC(=O)NC(C)CCBr. The number of benzene rings is 1. The molecule has 1 unspecified atom stereocenters. The topological polar surface area (TPSA) is 29.1 Å².